The first kappa shape index (κ1) is 17.0. The number of carboxylic acid groups (broad SMARTS) is 1. The molecule has 0 bridgehead atoms. The summed E-state index contributed by atoms with van der Waals surface area (Å²) >= 11 is 0. The van der Waals surface area contributed by atoms with Crippen LogP contribution < -0.4 is 0 Å². The molecular formula is C20H27NO3. The highest BCUT2D eigenvalue weighted by atomic mass is 16.4. The molecule has 0 unspecified atom stereocenters. The van der Waals surface area contributed by atoms with Gasteiger partial charge in [0.2, 0.25) is 5.91 Å². The van der Waals surface area contributed by atoms with Crippen LogP contribution in [0, 0.1) is 5.41 Å². The molecule has 1 amide bonds. The third-order valence-corrected chi connectivity index (χ3v) is 6.33. The van der Waals surface area contributed by atoms with Crippen LogP contribution in [-0.2, 0) is 15.0 Å². The van der Waals surface area contributed by atoms with E-state index in [1.54, 1.807) is 0 Å². The highest BCUT2D eigenvalue weighted by Gasteiger charge is 2.47. The number of aliphatic carboxylic acids is 1. The van der Waals surface area contributed by atoms with E-state index in [-0.39, 0.29) is 11.3 Å². The maximum atomic E-state index is 13.0. The average Bonchev–Trinajstić information content (AvgIpc) is 3.12. The van der Waals surface area contributed by atoms with Gasteiger partial charge in [-0.15, -0.1) is 0 Å². The molecule has 1 saturated heterocycles. The summed E-state index contributed by atoms with van der Waals surface area (Å²) < 4.78 is 0. The Morgan fingerprint density at radius 3 is 2.12 bits per heavy atom. The summed E-state index contributed by atoms with van der Waals surface area (Å²) in [4.78, 5) is 27.0. The lowest BCUT2D eigenvalue weighted by Crippen LogP contribution is -2.52. The molecule has 1 heterocycles. The molecule has 24 heavy (non-hydrogen) atoms. The zero-order valence-corrected chi connectivity index (χ0v) is 14.5. The van der Waals surface area contributed by atoms with Crippen molar-refractivity contribution in [2.24, 2.45) is 5.41 Å². The second kappa shape index (κ2) is 6.58. The molecule has 1 saturated carbocycles. The summed E-state index contributed by atoms with van der Waals surface area (Å²) in [5.41, 5.74) is -0.182. The molecular weight excluding hydrogens is 302 g/mol. The number of rotatable bonds is 4. The van der Waals surface area contributed by atoms with Crippen molar-refractivity contribution in [1.29, 1.82) is 0 Å². The van der Waals surface area contributed by atoms with Crippen LogP contribution in [0.15, 0.2) is 30.3 Å². The summed E-state index contributed by atoms with van der Waals surface area (Å²) in [7, 11) is 0. The molecule has 3 rings (SSSR count). The second-order valence-electron chi connectivity index (χ2n) is 7.39. The number of carbonyl (C=O) groups is 2. The first-order valence-corrected chi connectivity index (χ1v) is 9.12. The topological polar surface area (TPSA) is 57.6 Å². The van der Waals surface area contributed by atoms with Crippen molar-refractivity contribution in [3.05, 3.63) is 35.9 Å². The van der Waals surface area contributed by atoms with Gasteiger partial charge in [0.25, 0.3) is 0 Å². The SMILES string of the molecule is CCC1(C(=O)N2CCC(C(=O)O)(c3ccccc3)CC2)CCCC1. The average molecular weight is 329 g/mol. The molecule has 4 nitrogen and oxygen atoms in total. The van der Waals surface area contributed by atoms with Gasteiger partial charge in [0.1, 0.15) is 0 Å². The van der Waals surface area contributed by atoms with Crippen LogP contribution in [0.4, 0.5) is 0 Å². The van der Waals surface area contributed by atoms with Crippen LogP contribution in [0.2, 0.25) is 0 Å². The third-order valence-electron chi connectivity index (χ3n) is 6.33. The van der Waals surface area contributed by atoms with Crippen molar-refractivity contribution in [1.82, 2.24) is 4.90 Å². The van der Waals surface area contributed by atoms with E-state index in [1.807, 2.05) is 35.2 Å². The lowest BCUT2D eigenvalue weighted by molar-refractivity contribution is -0.151. The molecule has 130 valence electrons. The van der Waals surface area contributed by atoms with E-state index < -0.39 is 11.4 Å². The molecule has 0 radical (unpaired) electrons. The standard InChI is InChI=1S/C20H27NO3/c1-2-19(10-6-7-11-19)17(22)21-14-12-20(13-15-21,18(23)24)16-8-4-3-5-9-16/h3-5,8-9H,2,6-7,10-15H2,1H3,(H,23,24). The second-order valence-corrected chi connectivity index (χ2v) is 7.39. The monoisotopic (exact) mass is 329 g/mol. The largest absolute Gasteiger partial charge is 0.481 e. The number of hydrogen-bond acceptors (Lipinski definition) is 2. The van der Waals surface area contributed by atoms with Crippen molar-refractivity contribution in [3.8, 4) is 0 Å². The number of likely N-dealkylation sites (tertiary alicyclic amines) is 1. The highest BCUT2D eigenvalue weighted by Crippen LogP contribution is 2.44. The number of benzene rings is 1. The summed E-state index contributed by atoms with van der Waals surface area (Å²) in [6.45, 7) is 3.20. The minimum Gasteiger partial charge on any atom is -0.481 e. The fourth-order valence-electron chi connectivity index (χ4n) is 4.58. The maximum Gasteiger partial charge on any atom is 0.314 e. The minimum absolute atomic E-state index is 0.185. The van der Waals surface area contributed by atoms with E-state index in [4.69, 9.17) is 0 Å². The Morgan fingerprint density at radius 2 is 1.62 bits per heavy atom. The molecule has 2 aliphatic rings. The van der Waals surface area contributed by atoms with Crippen LogP contribution in [0.5, 0.6) is 0 Å². The Bertz CT molecular complexity index is 597. The van der Waals surface area contributed by atoms with Gasteiger partial charge in [-0.25, -0.2) is 0 Å². The molecule has 0 spiro atoms. The van der Waals surface area contributed by atoms with E-state index in [1.165, 1.54) is 0 Å². The van der Waals surface area contributed by atoms with Crippen LogP contribution in [0.1, 0.15) is 57.4 Å². The van der Waals surface area contributed by atoms with Crippen LogP contribution in [0.25, 0.3) is 0 Å². The molecule has 1 aliphatic carbocycles. The number of carbonyl (C=O) groups excluding carboxylic acids is 1. The van der Waals surface area contributed by atoms with Gasteiger partial charge in [0.15, 0.2) is 0 Å². The Hall–Kier alpha value is -1.84. The fraction of sp³-hybridized carbons (Fsp3) is 0.600. The van der Waals surface area contributed by atoms with Crippen molar-refractivity contribution in [2.45, 2.75) is 57.3 Å². The fourth-order valence-corrected chi connectivity index (χ4v) is 4.58. The van der Waals surface area contributed by atoms with Gasteiger partial charge in [0, 0.05) is 18.5 Å². The van der Waals surface area contributed by atoms with Crippen LogP contribution >= 0.6 is 0 Å². The third kappa shape index (κ3) is 2.72. The van der Waals surface area contributed by atoms with Gasteiger partial charge < -0.3 is 10.0 Å². The Morgan fingerprint density at radius 1 is 1.04 bits per heavy atom. The predicted octanol–water partition coefficient (Wildman–Crippen LogP) is 3.60. The van der Waals surface area contributed by atoms with E-state index in [0.717, 1.165) is 37.7 Å². The summed E-state index contributed by atoms with van der Waals surface area (Å²) in [5.74, 6) is -0.513. The van der Waals surface area contributed by atoms with Gasteiger partial charge in [-0.05, 0) is 37.7 Å². The molecule has 1 aromatic carbocycles. The predicted molar refractivity (Wildman–Crippen MR) is 92.8 cm³/mol. The first-order valence-electron chi connectivity index (χ1n) is 9.12. The Balaban J connectivity index is 1.77. The van der Waals surface area contributed by atoms with E-state index in [0.29, 0.717) is 25.9 Å². The first-order chi connectivity index (χ1) is 11.5. The molecule has 0 atom stereocenters. The molecule has 1 aromatic rings. The van der Waals surface area contributed by atoms with Crippen molar-refractivity contribution in [2.75, 3.05) is 13.1 Å². The maximum absolute atomic E-state index is 13.0. The van der Waals surface area contributed by atoms with Crippen molar-refractivity contribution < 1.29 is 14.7 Å². The quantitative estimate of drug-likeness (QED) is 0.918. The van der Waals surface area contributed by atoms with E-state index in [2.05, 4.69) is 6.92 Å². The smallest absolute Gasteiger partial charge is 0.314 e. The Labute approximate surface area is 143 Å². The number of piperidine rings is 1. The van der Waals surface area contributed by atoms with Crippen molar-refractivity contribution >= 4 is 11.9 Å². The molecule has 4 heteroatoms. The summed E-state index contributed by atoms with van der Waals surface area (Å²) in [6, 6.07) is 9.49. The highest BCUT2D eigenvalue weighted by molar-refractivity contribution is 5.85. The van der Waals surface area contributed by atoms with Crippen molar-refractivity contribution in [3.63, 3.8) is 0 Å². The van der Waals surface area contributed by atoms with Crippen LogP contribution in [0.3, 0.4) is 0 Å². The normalized spacial score (nSPS) is 22.3. The summed E-state index contributed by atoms with van der Waals surface area (Å²) in [6.07, 6.45) is 6.14. The zero-order valence-electron chi connectivity index (χ0n) is 14.5. The number of hydrogen-bond donors (Lipinski definition) is 1. The minimum atomic E-state index is -0.854. The molecule has 1 aliphatic heterocycles. The molecule has 2 fully saturated rings. The van der Waals surface area contributed by atoms with Gasteiger partial charge in [-0.1, -0.05) is 50.1 Å². The van der Waals surface area contributed by atoms with E-state index >= 15 is 0 Å². The Kier molecular flexibility index (Phi) is 4.66. The number of amides is 1. The van der Waals surface area contributed by atoms with E-state index in [9.17, 15) is 14.7 Å². The van der Waals surface area contributed by atoms with Gasteiger partial charge in [-0.2, -0.15) is 0 Å². The molecule has 1 N–H and O–H groups in total. The summed E-state index contributed by atoms with van der Waals surface area (Å²) in [5, 5.41) is 9.87. The lowest BCUT2D eigenvalue weighted by Gasteiger charge is -2.42. The van der Waals surface area contributed by atoms with Gasteiger partial charge in [-0.3, -0.25) is 9.59 Å². The van der Waals surface area contributed by atoms with Crippen LogP contribution in [-0.4, -0.2) is 35.0 Å². The number of nitrogens with zero attached hydrogens (tertiary/aromatic N) is 1. The zero-order chi connectivity index (χ0) is 17.2. The van der Waals surface area contributed by atoms with Gasteiger partial charge in [0.05, 0.1) is 5.41 Å². The van der Waals surface area contributed by atoms with Gasteiger partial charge >= 0.3 is 5.97 Å². The number of carboxylic acids is 1. The molecule has 0 aromatic heterocycles. The lowest BCUT2D eigenvalue weighted by atomic mass is 9.72.